The van der Waals surface area contributed by atoms with Gasteiger partial charge in [0.25, 0.3) is 0 Å². The topological polar surface area (TPSA) is 38.5 Å². The summed E-state index contributed by atoms with van der Waals surface area (Å²) < 4.78 is 5.44. The molecule has 1 atom stereocenters. The minimum atomic E-state index is 0. The molecule has 108 valence electrons. The Balaban J connectivity index is 0.00000180. The van der Waals surface area contributed by atoms with Gasteiger partial charge >= 0.3 is 0 Å². The van der Waals surface area contributed by atoms with E-state index in [1.54, 1.807) is 7.11 Å². The molecule has 4 heteroatoms. The first-order chi connectivity index (χ1) is 8.56. The number of aryl methyl sites for hydroxylation is 1. The van der Waals surface area contributed by atoms with Crippen LogP contribution in [-0.4, -0.2) is 31.6 Å². The number of nitrogens with zero attached hydrogens (tertiary/aromatic N) is 1. The van der Waals surface area contributed by atoms with Crippen molar-refractivity contribution in [3.8, 4) is 5.75 Å². The molecular formula is C15H25ClN2O. The quantitative estimate of drug-likeness (QED) is 0.924. The fraction of sp³-hybridized carbons (Fsp3) is 0.600. The van der Waals surface area contributed by atoms with Gasteiger partial charge < -0.3 is 10.5 Å². The SMILES string of the molecule is COc1ccc(C)cc1CN1CCC(C)(CN)C1.Cl. The first kappa shape index (κ1) is 16.3. The summed E-state index contributed by atoms with van der Waals surface area (Å²) in [6, 6.07) is 6.37. The average Bonchev–Trinajstić information content (AvgIpc) is 2.72. The van der Waals surface area contributed by atoms with Gasteiger partial charge in [-0.1, -0.05) is 24.6 Å². The fourth-order valence-corrected chi connectivity index (χ4v) is 2.70. The molecule has 0 bridgehead atoms. The highest BCUT2D eigenvalue weighted by atomic mass is 35.5. The summed E-state index contributed by atoms with van der Waals surface area (Å²) in [5.41, 5.74) is 8.70. The van der Waals surface area contributed by atoms with Crippen molar-refractivity contribution in [3.63, 3.8) is 0 Å². The maximum absolute atomic E-state index is 5.85. The molecule has 1 aliphatic rings. The summed E-state index contributed by atoms with van der Waals surface area (Å²) in [6.07, 6.45) is 1.19. The van der Waals surface area contributed by atoms with E-state index in [9.17, 15) is 0 Å². The third-order valence-corrected chi connectivity index (χ3v) is 3.96. The van der Waals surface area contributed by atoms with Crippen LogP contribution < -0.4 is 10.5 Å². The van der Waals surface area contributed by atoms with Gasteiger partial charge in [-0.05, 0) is 37.9 Å². The number of halogens is 1. The van der Waals surface area contributed by atoms with Crippen LogP contribution in [-0.2, 0) is 6.54 Å². The van der Waals surface area contributed by atoms with Crippen molar-refractivity contribution in [2.75, 3.05) is 26.7 Å². The molecule has 2 rings (SSSR count). The van der Waals surface area contributed by atoms with Gasteiger partial charge in [0.2, 0.25) is 0 Å². The normalized spacial score (nSPS) is 23.2. The number of nitrogens with two attached hydrogens (primary N) is 1. The van der Waals surface area contributed by atoms with Gasteiger partial charge in [-0.2, -0.15) is 0 Å². The first-order valence-electron chi connectivity index (χ1n) is 6.62. The number of likely N-dealkylation sites (tertiary alicyclic amines) is 1. The standard InChI is InChI=1S/C15H24N2O.ClH/c1-12-4-5-14(18-3)13(8-12)9-17-7-6-15(2,10-16)11-17;/h4-5,8H,6-7,9-11,16H2,1-3H3;1H. The molecule has 0 amide bonds. The van der Waals surface area contributed by atoms with E-state index in [4.69, 9.17) is 10.5 Å². The summed E-state index contributed by atoms with van der Waals surface area (Å²) in [7, 11) is 1.74. The van der Waals surface area contributed by atoms with E-state index in [2.05, 4.69) is 36.9 Å². The van der Waals surface area contributed by atoms with Crippen LogP contribution >= 0.6 is 12.4 Å². The van der Waals surface area contributed by atoms with Crippen molar-refractivity contribution < 1.29 is 4.74 Å². The number of benzene rings is 1. The van der Waals surface area contributed by atoms with E-state index in [0.29, 0.717) is 0 Å². The van der Waals surface area contributed by atoms with Crippen LogP contribution in [0.1, 0.15) is 24.5 Å². The summed E-state index contributed by atoms with van der Waals surface area (Å²) >= 11 is 0. The third kappa shape index (κ3) is 3.85. The molecule has 1 aromatic carbocycles. The highest BCUT2D eigenvalue weighted by Gasteiger charge is 2.32. The second-order valence-electron chi connectivity index (χ2n) is 5.79. The molecule has 1 heterocycles. The Kier molecular flexibility index (Phi) is 5.65. The van der Waals surface area contributed by atoms with Crippen molar-refractivity contribution in [1.82, 2.24) is 4.90 Å². The monoisotopic (exact) mass is 284 g/mol. The molecule has 19 heavy (non-hydrogen) atoms. The number of hydrogen-bond donors (Lipinski definition) is 1. The van der Waals surface area contributed by atoms with E-state index < -0.39 is 0 Å². The van der Waals surface area contributed by atoms with Crippen molar-refractivity contribution in [2.45, 2.75) is 26.8 Å². The smallest absolute Gasteiger partial charge is 0.123 e. The Morgan fingerprint density at radius 1 is 1.42 bits per heavy atom. The van der Waals surface area contributed by atoms with E-state index >= 15 is 0 Å². The number of ether oxygens (including phenoxy) is 1. The van der Waals surface area contributed by atoms with Crippen LogP contribution in [0.2, 0.25) is 0 Å². The molecule has 0 aliphatic carbocycles. The zero-order valence-corrected chi connectivity index (χ0v) is 12.9. The molecular weight excluding hydrogens is 260 g/mol. The Labute approximate surface area is 122 Å². The summed E-state index contributed by atoms with van der Waals surface area (Å²) in [4.78, 5) is 2.48. The second kappa shape index (κ2) is 6.60. The van der Waals surface area contributed by atoms with Crippen LogP contribution in [0, 0.1) is 12.3 Å². The zero-order valence-electron chi connectivity index (χ0n) is 12.1. The van der Waals surface area contributed by atoms with Gasteiger partial charge in [-0.3, -0.25) is 4.90 Å². The van der Waals surface area contributed by atoms with Gasteiger partial charge in [0, 0.05) is 18.7 Å². The summed E-state index contributed by atoms with van der Waals surface area (Å²) in [5.74, 6) is 0.988. The van der Waals surface area contributed by atoms with Crippen molar-refractivity contribution in [2.24, 2.45) is 11.1 Å². The maximum Gasteiger partial charge on any atom is 0.123 e. The Morgan fingerprint density at radius 2 is 2.16 bits per heavy atom. The zero-order chi connectivity index (χ0) is 13.2. The Bertz CT molecular complexity index is 425. The van der Waals surface area contributed by atoms with E-state index in [1.165, 1.54) is 17.5 Å². The molecule has 3 nitrogen and oxygen atoms in total. The van der Waals surface area contributed by atoms with Crippen molar-refractivity contribution in [3.05, 3.63) is 29.3 Å². The Hall–Kier alpha value is -0.770. The van der Waals surface area contributed by atoms with Crippen molar-refractivity contribution >= 4 is 12.4 Å². The molecule has 1 aromatic rings. The number of methoxy groups -OCH3 is 1. The molecule has 0 saturated carbocycles. The number of rotatable bonds is 4. The molecule has 2 N–H and O–H groups in total. The number of hydrogen-bond acceptors (Lipinski definition) is 3. The Morgan fingerprint density at radius 3 is 2.74 bits per heavy atom. The minimum absolute atomic E-state index is 0. The lowest BCUT2D eigenvalue weighted by Gasteiger charge is -2.23. The van der Waals surface area contributed by atoms with Crippen LogP contribution in [0.25, 0.3) is 0 Å². The van der Waals surface area contributed by atoms with Crippen molar-refractivity contribution in [1.29, 1.82) is 0 Å². The highest BCUT2D eigenvalue weighted by Crippen LogP contribution is 2.31. The second-order valence-corrected chi connectivity index (χ2v) is 5.79. The van der Waals surface area contributed by atoms with E-state index in [1.807, 2.05) is 0 Å². The van der Waals surface area contributed by atoms with Crippen LogP contribution in [0.5, 0.6) is 5.75 Å². The molecule has 0 radical (unpaired) electrons. The predicted molar refractivity (Wildman–Crippen MR) is 82.0 cm³/mol. The lowest BCUT2D eigenvalue weighted by Crippen LogP contribution is -2.31. The molecule has 1 unspecified atom stereocenters. The predicted octanol–water partition coefficient (Wildman–Crippen LogP) is 2.60. The molecule has 0 spiro atoms. The minimum Gasteiger partial charge on any atom is -0.496 e. The van der Waals surface area contributed by atoms with E-state index in [0.717, 1.165) is 31.9 Å². The lowest BCUT2D eigenvalue weighted by atomic mass is 9.90. The van der Waals surface area contributed by atoms with Gasteiger partial charge in [0.1, 0.15) is 5.75 Å². The third-order valence-electron chi connectivity index (χ3n) is 3.96. The molecule has 0 aromatic heterocycles. The molecule has 1 aliphatic heterocycles. The fourth-order valence-electron chi connectivity index (χ4n) is 2.70. The maximum atomic E-state index is 5.85. The molecule has 1 fully saturated rings. The van der Waals surface area contributed by atoms with Crippen LogP contribution in [0.4, 0.5) is 0 Å². The van der Waals surface area contributed by atoms with Gasteiger partial charge in [-0.25, -0.2) is 0 Å². The van der Waals surface area contributed by atoms with Crippen LogP contribution in [0.3, 0.4) is 0 Å². The lowest BCUT2D eigenvalue weighted by molar-refractivity contribution is 0.270. The van der Waals surface area contributed by atoms with Crippen LogP contribution in [0.15, 0.2) is 18.2 Å². The summed E-state index contributed by atoms with van der Waals surface area (Å²) in [5, 5.41) is 0. The highest BCUT2D eigenvalue weighted by molar-refractivity contribution is 5.85. The largest absolute Gasteiger partial charge is 0.496 e. The van der Waals surface area contributed by atoms with Gasteiger partial charge in [0.05, 0.1) is 7.11 Å². The average molecular weight is 285 g/mol. The first-order valence-corrected chi connectivity index (χ1v) is 6.62. The van der Waals surface area contributed by atoms with Gasteiger partial charge in [-0.15, -0.1) is 12.4 Å². The molecule has 1 saturated heterocycles. The van der Waals surface area contributed by atoms with Gasteiger partial charge in [0.15, 0.2) is 0 Å². The summed E-state index contributed by atoms with van der Waals surface area (Å²) in [6.45, 7) is 8.34. The van der Waals surface area contributed by atoms with E-state index in [-0.39, 0.29) is 17.8 Å².